The van der Waals surface area contributed by atoms with E-state index in [9.17, 15) is 4.39 Å². The van der Waals surface area contributed by atoms with Crippen LogP contribution in [-0.2, 0) is 6.54 Å². The molecule has 0 spiro atoms. The van der Waals surface area contributed by atoms with E-state index in [1.807, 2.05) is 12.3 Å². The van der Waals surface area contributed by atoms with Crippen molar-refractivity contribution in [3.05, 3.63) is 52.9 Å². The Bertz CT molecular complexity index is 718. The number of rotatable bonds is 2. The molecule has 1 aliphatic heterocycles. The van der Waals surface area contributed by atoms with Crippen molar-refractivity contribution >= 4 is 5.69 Å². The Morgan fingerprint density at radius 3 is 3.20 bits per heavy atom. The van der Waals surface area contributed by atoms with Gasteiger partial charge in [0, 0.05) is 18.3 Å². The third-order valence-corrected chi connectivity index (χ3v) is 4.07. The maximum atomic E-state index is 14.1. The van der Waals surface area contributed by atoms with Crippen molar-refractivity contribution in [1.29, 1.82) is 0 Å². The number of aromatic nitrogens is 2. The first-order valence-electron chi connectivity index (χ1n) is 6.61. The minimum absolute atomic E-state index is 0.0227. The minimum Gasteiger partial charge on any atom is -0.504 e. The van der Waals surface area contributed by atoms with Gasteiger partial charge in [0.15, 0.2) is 0 Å². The van der Waals surface area contributed by atoms with Crippen molar-refractivity contribution in [1.82, 2.24) is 9.78 Å². The minimum atomic E-state index is -0.500. The summed E-state index contributed by atoms with van der Waals surface area (Å²) in [5, 5.41) is 4.16. The Labute approximate surface area is 115 Å². The van der Waals surface area contributed by atoms with Gasteiger partial charge in [0.25, 0.3) is 5.69 Å². The molecule has 1 saturated carbocycles. The summed E-state index contributed by atoms with van der Waals surface area (Å²) in [6.07, 6.45) is 4.62. The van der Waals surface area contributed by atoms with Gasteiger partial charge in [0.05, 0.1) is 19.7 Å². The third-order valence-electron chi connectivity index (χ3n) is 4.07. The van der Waals surface area contributed by atoms with Crippen LogP contribution in [0.1, 0.15) is 23.5 Å². The normalized spacial score (nSPS) is 22.4. The highest BCUT2D eigenvalue weighted by molar-refractivity contribution is 5.67. The zero-order chi connectivity index (χ0) is 13.7. The summed E-state index contributed by atoms with van der Waals surface area (Å²) in [5.41, 5.74) is 1.92. The molecule has 0 bridgehead atoms. The van der Waals surface area contributed by atoms with Crippen LogP contribution in [0.2, 0.25) is 0 Å². The number of halogens is 1. The first-order chi connectivity index (χ1) is 9.78. The quantitative estimate of drug-likeness (QED) is 0.784. The standard InChI is InChI=1S/C15H12FN3O/c1-17-14-12(16)6-9(7-19-4-2-3-18-19)13-11-5-10(11)8-20-15(13)14/h2-4,6,10-11H,5,7-8H2. The third kappa shape index (κ3) is 1.61. The molecule has 0 saturated heterocycles. The van der Waals surface area contributed by atoms with E-state index < -0.39 is 5.82 Å². The molecule has 1 aromatic carbocycles. The second-order valence-electron chi connectivity index (χ2n) is 5.34. The molecule has 0 N–H and O–H groups in total. The molecule has 0 amide bonds. The van der Waals surface area contributed by atoms with Crippen LogP contribution in [0.5, 0.6) is 5.75 Å². The molecule has 4 rings (SSSR count). The zero-order valence-corrected chi connectivity index (χ0v) is 10.7. The molecule has 2 unspecified atom stereocenters. The molecule has 2 aliphatic rings. The molecule has 20 heavy (non-hydrogen) atoms. The molecule has 5 heteroatoms. The average molecular weight is 269 g/mol. The maximum absolute atomic E-state index is 14.1. The van der Waals surface area contributed by atoms with E-state index in [0.29, 0.717) is 30.7 Å². The van der Waals surface area contributed by atoms with Gasteiger partial charge in [-0.05, 0) is 35.6 Å². The van der Waals surface area contributed by atoms with Gasteiger partial charge in [-0.3, -0.25) is 4.68 Å². The van der Waals surface area contributed by atoms with Gasteiger partial charge in [0.1, 0.15) is 11.6 Å². The lowest BCUT2D eigenvalue weighted by Gasteiger charge is -2.22. The van der Waals surface area contributed by atoms with E-state index in [1.54, 1.807) is 10.9 Å². The molecule has 100 valence electrons. The fourth-order valence-corrected chi connectivity index (χ4v) is 3.01. The molecule has 1 aromatic heterocycles. The zero-order valence-electron chi connectivity index (χ0n) is 10.7. The van der Waals surface area contributed by atoms with Gasteiger partial charge in [-0.15, -0.1) is 0 Å². The van der Waals surface area contributed by atoms with Crippen LogP contribution in [0.3, 0.4) is 0 Å². The number of hydrogen-bond acceptors (Lipinski definition) is 2. The van der Waals surface area contributed by atoms with E-state index in [-0.39, 0.29) is 5.69 Å². The van der Waals surface area contributed by atoms with Crippen molar-refractivity contribution in [2.45, 2.75) is 18.9 Å². The number of fused-ring (bicyclic) bond motifs is 3. The SMILES string of the molecule is [C-]#[N+]c1c(F)cc(Cn2cccn2)c2c1OCC1CC21. The smallest absolute Gasteiger partial charge is 0.263 e. The summed E-state index contributed by atoms with van der Waals surface area (Å²) in [6, 6.07) is 3.31. The van der Waals surface area contributed by atoms with Crippen LogP contribution in [0, 0.1) is 18.3 Å². The molecule has 2 atom stereocenters. The number of hydrogen-bond donors (Lipinski definition) is 0. The summed E-state index contributed by atoms with van der Waals surface area (Å²) >= 11 is 0. The van der Waals surface area contributed by atoms with Crippen molar-refractivity contribution < 1.29 is 9.13 Å². The first kappa shape index (κ1) is 11.5. The number of benzene rings is 1. The summed E-state index contributed by atoms with van der Waals surface area (Å²) < 4.78 is 21.5. The maximum Gasteiger partial charge on any atom is 0.263 e. The lowest BCUT2D eigenvalue weighted by molar-refractivity contribution is 0.279. The van der Waals surface area contributed by atoms with Gasteiger partial charge >= 0.3 is 0 Å². The molecule has 4 nitrogen and oxygen atoms in total. The van der Waals surface area contributed by atoms with E-state index >= 15 is 0 Å². The van der Waals surface area contributed by atoms with Gasteiger partial charge in [0.2, 0.25) is 0 Å². The summed E-state index contributed by atoms with van der Waals surface area (Å²) in [4.78, 5) is 3.30. The number of nitrogens with zero attached hydrogens (tertiary/aromatic N) is 3. The van der Waals surface area contributed by atoms with Crippen LogP contribution in [-0.4, -0.2) is 16.4 Å². The summed E-state index contributed by atoms with van der Waals surface area (Å²) in [6.45, 7) is 8.27. The van der Waals surface area contributed by atoms with Gasteiger partial charge in [-0.2, -0.15) is 5.10 Å². The van der Waals surface area contributed by atoms with Gasteiger partial charge < -0.3 is 4.74 Å². The largest absolute Gasteiger partial charge is 0.504 e. The van der Waals surface area contributed by atoms with Crippen LogP contribution in [0.25, 0.3) is 4.85 Å². The molecular weight excluding hydrogens is 257 g/mol. The Morgan fingerprint density at radius 2 is 2.45 bits per heavy atom. The lowest BCUT2D eigenvalue weighted by atomic mass is 9.97. The highest BCUT2D eigenvalue weighted by atomic mass is 19.1. The predicted octanol–water partition coefficient (Wildman–Crippen LogP) is 3.12. The average Bonchev–Trinajstić information content (AvgIpc) is 3.06. The van der Waals surface area contributed by atoms with Gasteiger partial charge in [-0.1, -0.05) is 0 Å². The van der Waals surface area contributed by atoms with Crippen molar-refractivity contribution in [3.63, 3.8) is 0 Å². The molecule has 1 fully saturated rings. The second-order valence-corrected chi connectivity index (χ2v) is 5.34. The van der Waals surface area contributed by atoms with Crippen molar-refractivity contribution in [2.24, 2.45) is 5.92 Å². The van der Waals surface area contributed by atoms with E-state index in [0.717, 1.165) is 17.5 Å². The second kappa shape index (κ2) is 4.07. The lowest BCUT2D eigenvalue weighted by Crippen LogP contribution is -2.13. The molecular formula is C15H12FN3O. The van der Waals surface area contributed by atoms with Crippen LogP contribution in [0.15, 0.2) is 24.5 Å². The van der Waals surface area contributed by atoms with Crippen molar-refractivity contribution in [2.75, 3.05) is 6.61 Å². The topological polar surface area (TPSA) is 31.4 Å². The van der Waals surface area contributed by atoms with E-state index in [4.69, 9.17) is 11.3 Å². The molecule has 0 radical (unpaired) electrons. The number of ether oxygens (including phenoxy) is 1. The predicted molar refractivity (Wildman–Crippen MR) is 70.3 cm³/mol. The van der Waals surface area contributed by atoms with Crippen LogP contribution >= 0.6 is 0 Å². The fraction of sp³-hybridized carbons (Fsp3) is 0.333. The molecule has 2 heterocycles. The van der Waals surface area contributed by atoms with E-state index in [2.05, 4.69) is 9.94 Å². The Morgan fingerprint density at radius 1 is 1.55 bits per heavy atom. The monoisotopic (exact) mass is 269 g/mol. The first-order valence-corrected chi connectivity index (χ1v) is 6.61. The molecule has 1 aliphatic carbocycles. The summed E-state index contributed by atoms with van der Waals surface area (Å²) in [7, 11) is 0. The van der Waals surface area contributed by atoms with Crippen LogP contribution in [0.4, 0.5) is 10.1 Å². The van der Waals surface area contributed by atoms with E-state index in [1.165, 1.54) is 6.07 Å². The van der Waals surface area contributed by atoms with Crippen LogP contribution < -0.4 is 4.74 Å². The van der Waals surface area contributed by atoms with Crippen molar-refractivity contribution in [3.8, 4) is 5.75 Å². The Hall–Kier alpha value is -2.35. The van der Waals surface area contributed by atoms with Gasteiger partial charge in [-0.25, -0.2) is 9.24 Å². The Kier molecular flexibility index (Phi) is 2.34. The highest BCUT2D eigenvalue weighted by Gasteiger charge is 2.46. The Balaban J connectivity index is 1.87. The molecule has 2 aromatic rings. The fourth-order valence-electron chi connectivity index (χ4n) is 3.01. The highest BCUT2D eigenvalue weighted by Crippen LogP contribution is 2.57. The summed E-state index contributed by atoms with van der Waals surface area (Å²) in [5.74, 6) is 0.911.